The van der Waals surface area contributed by atoms with Crippen LogP contribution < -0.4 is 0 Å². The second-order valence-electron chi connectivity index (χ2n) is 5.29. The highest BCUT2D eigenvalue weighted by Crippen LogP contribution is 2.36. The summed E-state index contributed by atoms with van der Waals surface area (Å²) < 4.78 is 7.60. The number of ether oxygens (including phenoxy) is 1. The number of aliphatic hydroxyl groups excluding tert-OH is 1. The molecule has 1 fully saturated rings. The molecule has 1 aromatic rings. The lowest BCUT2D eigenvalue weighted by Crippen LogP contribution is -2.43. The van der Waals surface area contributed by atoms with Crippen molar-refractivity contribution in [3.8, 4) is 0 Å². The van der Waals surface area contributed by atoms with Crippen molar-refractivity contribution >= 4 is 0 Å². The molecule has 0 spiro atoms. The Hall–Kier alpha value is -0.870. The van der Waals surface area contributed by atoms with E-state index in [9.17, 15) is 5.11 Å². The van der Waals surface area contributed by atoms with E-state index in [0.717, 1.165) is 43.6 Å². The second-order valence-corrected chi connectivity index (χ2v) is 5.29. The minimum atomic E-state index is -0.439. The first kappa shape index (κ1) is 13.6. The third-order valence-corrected chi connectivity index (χ3v) is 4.15. The largest absolute Gasteiger partial charge is 0.390 e. The Labute approximate surface area is 109 Å². The van der Waals surface area contributed by atoms with Crippen LogP contribution in [-0.2, 0) is 17.7 Å². The Morgan fingerprint density at radius 2 is 2.17 bits per heavy atom. The van der Waals surface area contributed by atoms with E-state index < -0.39 is 6.10 Å². The Kier molecular flexibility index (Phi) is 4.07. The molecule has 0 aromatic carbocycles. The molecule has 4 nitrogen and oxygen atoms in total. The van der Waals surface area contributed by atoms with E-state index in [1.807, 2.05) is 11.6 Å². The van der Waals surface area contributed by atoms with E-state index in [4.69, 9.17) is 4.74 Å². The van der Waals surface area contributed by atoms with Gasteiger partial charge in [-0.05, 0) is 32.8 Å². The van der Waals surface area contributed by atoms with Crippen LogP contribution in [0.3, 0.4) is 0 Å². The van der Waals surface area contributed by atoms with Crippen molar-refractivity contribution < 1.29 is 9.84 Å². The first-order valence-electron chi connectivity index (χ1n) is 6.88. The second kappa shape index (κ2) is 5.41. The number of aliphatic hydroxyl groups is 1. The fourth-order valence-corrected chi connectivity index (χ4v) is 3.07. The van der Waals surface area contributed by atoms with Crippen LogP contribution in [0.25, 0.3) is 0 Å². The van der Waals surface area contributed by atoms with Gasteiger partial charge >= 0.3 is 0 Å². The van der Waals surface area contributed by atoms with Crippen molar-refractivity contribution in [1.82, 2.24) is 9.78 Å². The van der Waals surface area contributed by atoms with Crippen LogP contribution in [0.15, 0.2) is 6.07 Å². The first-order chi connectivity index (χ1) is 8.61. The van der Waals surface area contributed by atoms with Gasteiger partial charge in [0.15, 0.2) is 0 Å². The molecule has 1 heterocycles. The van der Waals surface area contributed by atoms with E-state index in [2.05, 4.69) is 18.1 Å². The lowest BCUT2D eigenvalue weighted by atomic mass is 9.91. The topological polar surface area (TPSA) is 47.3 Å². The van der Waals surface area contributed by atoms with Crippen molar-refractivity contribution in [2.24, 2.45) is 0 Å². The molecule has 1 aliphatic carbocycles. The Balaban J connectivity index is 2.12. The number of rotatable bonds is 5. The van der Waals surface area contributed by atoms with E-state index in [1.165, 1.54) is 0 Å². The van der Waals surface area contributed by atoms with Gasteiger partial charge in [-0.3, -0.25) is 4.68 Å². The molecule has 1 unspecified atom stereocenters. The highest BCUT2D eigenvalue weighted by Gasteiger charge is 2.41. The number of aryl methyl sites for hydroxylation is 2. The van der Waals surface area contributed by atoms with Crippen molar-refractivity contribution in [2.75, 3.05) is 7.11 Å². The van der Waals surface area contributed by atoms with Gasteiger partial charge in [-0.25, -0.2) is 0 Å². The summed E-state index contributed by atoms with van der Waals surface area (Å²) >= 11 is 0. The monoisotopic (exact) mass is 252 g/mol. The smallest absolute Gasteiger partial charge is 0.0940 e. The highest BCUT2D eigenvalue weighted by atomic mass is 16.5. The molecule has 4 heteroatoms. The summed E-state index contributed by atoms with van der Waals surface area (Å²) in [5, 5.41) is 14.9. The molecule has 0 radical (unpaired) electrons. The predicted octanol–water partition coefficient (Wildman–Crippen LogP) is 2.07. The fourth-order valence-electron chi connectivity index (χ4n) is 3.07. The maximum Gasteiger partial charge on any atom is 0.0940 e. The van der Waals surface area contributed by atoms with Crippen LogP contribution in [0, 0.1) is 6.92 Å². The van der Waals surface area contributed by atoms with Crippen LogP contribution in [0.4, 0.5) is 0 Å². The molecular weight excluding hydrogens is 228 g/mol. The van der Waals surface area contributed by atoms with Gasteiger partial charge in [0.25, 0.3) is 0 Å². The van der Waals surface area contributed by atoms with Gasteiger partial charge in [-0.2, -0.15) is 5.10 Å². The molecule has 1 aliphatic rings. The molecule has 1 aromatic heterocycles. The molecule has 0 amide bonds. The highest BCUT2D eigenvalue weighted by molar-refractivity contribution is 5.12. The number of aromatic nitrogens is 2. The molecule has 0 bridgehead atoms. The average Bonchev–Trinajstić information content (AvgIpc) is 2.96. The van der Waals surface area contributed by atoms with E-state index in [1.54, 1.807) is 7.11 Å². The van der Waals surface area contributed by atoms with E-state index in [-0.39, 0.29) is 5.60 Å². The summed E-state index contributed by atoms with van der Waals surface area (Å²) in [5.41, 5.74) is 1.78. The summed E-state index contributed by atoms with van der Waals surface area (Å²) in [6, 6.07) is 2.06. The number of methoxy groups -OCH3 is 1. The number of nitrogens with zero attached hydrogens (tertiary/aromatic N) is 2. The third-order valence-electron chi connectivity index (χ3n) is 4.15. The maximum absolute atomic E-state index is 10.5. The van der Waals surface area contributed by atoms with Crippen LogP contribution in [0.2, 0.25) is 0 Å². The number of hydrogen-bond donors (Lipinski definition) is 1. The molecule has 2 rings (SSSR count). The molecule has 0 aliphatic heterocycles. The van der Waals surface area contributed by atoms with Gasteiger partial charge < -0.3 is 9.84 Å². The lowest BCUT2D eigenvalue weighted by Gasteiger charge is -2.32. The third kappa shape index (κ3) is 2.45. The summed E-state index contributed by atoms with van der Waals surface area (Å²) in [7, 11) is 1.72. The van der Waals surface area contributed by atoms with Crippen LogP contribution in [0.1, 0.15) is 44.0 Å². The molecule has 0 saturated heterocycles. The van der Waals surface area contributed by atoms with Crippen LogP contribution >= 0.6 is 0 Å². The zero-order valence-electron chi connectivity index (χ0n) is 11.6. The Bertz CT molecular complexity index is 394. The zero-order chi connectivity index (χ0) is 13.2. The minimum Gasteiger partial charge on any atom is -0.390 e. The summed E-state index contributed by atoms with van der Waals surface area (Å²) in [5.74, 6) is 0. The first-order valence-corrected chi connectivity index (χ1v) is 6.88. The van der Waals surface area contributed by atoms with Crippen LogP contribution in [-0.4, -0.2) is 33.7 Å². The van der Waals surface area contributed by atoms with Crippen molar-refractivity contribution in [3.05, 3.63) is 17.5 Å². The molecule has 1 saturated carbocycles. The van der Waals surface area contributed by atoms with Gasteiger partial charge in [0, 0.05) is 25.8 Å². The zero-order valence-corrected chi connectivity index (χ0v) is 11.6. The summed E-state index contributed by atoms with van der Waals surface area (Å²) in [6.45, 7) is 4.91. The summed E-state index contributed by atoms with van der Waals surface area (Å²) in [4.78, 5) is 0. The van der Waals surface area contributed by atoms with Gasteiger partial charge in [-0.15, -0.1) is 0 Å². The Morgan fingerprint density at radius 3 is 2.72 bits per heavy atom. The Morgan fingerprint density at radius 1 is 1.50 bits per heavy atom. The molecule has 102 valence electrons. The normalized spacial score (nSPS) is 20.2. The maximum atomic E-state index is 10.5. The van der Waals surface area contributed by atoms with E-state index >= 15 is 0 Å². The number of hydrogen-bond acceptors (Lipinski definition) is 3. The molecule has 1 N–H and O–H groups in total. The van der Waals surface area contributed by atoms with Crippen molar-refractivity contribution in [3.63, 3.8) is 0 Å². The average molecular weight is 252 g/mol. The fraction of sp³-hybridized carbons (Fsp3) is 0.786. The minimum absolute atomic E-state index is 0.337. The molecule has 1 atom stereocenters. The molecular formula is C14H24N2O2. The van der Waals surface area contributed by atoms with Gasteiger partial charge in [0.2, 0.25) is 0 Å². The van der Waals surface area contributed by atoms with E-state index in [0.29, 0.717) is 6.42 Å². The van der Waals surface area contributed by atoms with Crippen molar-refractivity contribution in [2.45, 2.75) is 64.2 Å². The predicted molar refractivity (Wildman–Crippen MR) is 70.6 cm³/mol. The van der Waals surface area contributed by atoms with Gasteiger partial charge in [0.1, 0.15) is 0 Å². The van der Waals surface area contributed by atoms with Gasteiger partial charge in [-0.1, -0.05) is 12.8 Å². The molecule has 18 heavy (non-hydrogen) atoms. The summed E-state index contributed by atoms with van der Waals surface area (Å²) in [6.07, 6.45) is 4.41. The lowest BCUT2D eigenvalue weighted by molar-refractivity contribution is -0.0976. The van der Waals surface area contributed by atoms with Gasteiger partial charge in [0.05, 0.1) is 17.4 Å². The quantitative estimate of drug-likeness (QED) is 0.872. The van der Waals surface area contributed by atoms with Crippen LogP contribution in [0.5, 0.6) is 0 Å². The SMILES string of the molecule is CCn1nc(C)cc1CC(O)C1(OC)CCCC1. The van der Waals surface area contributed by atoms with Crippen molar-refractivity contribution in [1.29, 1.82) is 0 Å². The standard InChI is InChI=1S/C14H24N2O2/c1-4-16-12(9-11(2)15-16)10-13(17)14(18-3)7-5-6-8-14/h9,13,17H,4-8,10H2,1-3H3.